The normalized spacial score (nSPS) is 23.2. The van der Waals surface area contributed by atoms with Gasteiger partial charge in [-0.3, -0.25) is 48.2 Å². The van der Waals surface area contributed by atoms with Crippen molar-refractivity contribution in [3.8, 4) is 0 Å². The van der Waals surface area contributed by atoms with Crippen molar-refractivity contribution in [1.82, 2.24) is 38.9 Å². The van der Waals surface area contributed by atoms with E-state index in [2.05, 4.69) is 36.0 Å². The Morgan fingerprint density at radius 3 is 2.56 bits per heavy atom. The van der Waals surface area contributed by atoms with E-state index in [-0.39, 0.29) is 85.2 Å². The Kier molecular flexibility index (Phi) is 12.9. The summed E-state index contributed by atoms with van der Waals surface area (Å²) in [6.07, 6.45) is 4.60. The first-order valence-electron chi connectivity index (χ1n) is 21.9. The Labute approximate surface area is 377 Å². The van der Waals surface area contributed by atoms with E-state index in [9.17, 15) is 46.3 Å². The summed E-state index contributed by atoms with van der Waals surface area (Å²) in [5.41, 5.74) is 0.330. The van der Waals surface area contributed by atoms with Gasteiger partial charge in [0.2, 0.25) is 17.7 Å². The predicted octanol–water partition coefficient (Wildman–Crippen LogP) is 3.10. The molecule has 4 aliphatic heterocycles. The number of rotatable bonds is 17. The molecule has 6 amide bonds. The fourth-order valence-corrected chi connectivity index (χ4v) is 10.0. The Morgan fingerprint density at radius 1 is 1.03 bits per heavy atom. The van der Waals surface area contributed by atoms with Gasteiger partial charge in [0.1, 0.15) is 17.4 Å². The minimum Gasteiger partial charge on any atom is -0.384 e. The van der Waals surface area contributed by atoms with E-state index in [0.29, 0.717) is 63.3 Å². The highest BCUT2D eigenvalue weighted by Crippen LogP contribution is 2.37. The molecule has 0 radical (unpaired) electrons. The minimum absolute atomic E-state index is 0.0154. The van der Waals surface area contributed by atoms with Crippen molar-refractivity contribution in [2.45, 2.75) is 88.4 Å². The van der Waals surface area contributed by atoms with Crippen LogP contribution in [0.5, 0.6) is 0 Å². The minimum atomic E-state index is -2.99. The van der Waals surface area contributed by atoms with E-state index >= 15 is 0 Å². The zero-order valence-electron chi connectivity index (χ0n) is 35.5. The molecule has 0 spiro atoms. The van der Waals surface area contributed by atoms with Crippen molar-refractivity contribution >= 4 is 69.5 Å². The van der Waals surface area contributed by atoms with Crippen molar-refractivity contribution in [2.24, 2.45) is 5.92 Å². The van der Waals surface area contributed by atoms with Crippen LogP contribution in [0.1, 0.15) is 107 Å². The van der Waals surface area contributed by atoms with Crippen LogP contribution in [0.15, 0.2) is 42.9 Å². The Balaban J connectivity index is 0.723. The quantitative estimate of drug-likeness (QED) is 0.0675. The monoisotopic (exact) mass is 935 g/mol. The molecule has 1 aromatic carbocycles. The number of carbonyl (C=O) groups is 6. The molecule has 4 atom stereocenters. The number of ether oxygens (including phenoxy) is 2. The molecule has 66 heavy (non-hydrogen) atoms. The van der Waals surface area contributed by atoms with Gasteiger partial charge in [-0.25, -0.2) is 26.8 Å². The molecule has 3 saturated heterocycles. The van der Waals surface area contributed by atoms with Gasteiger partial charge in [0, 0.05) is 63.3 Å². The fraction of sp³-hybridized carbons (Fsp3) is 0.500. The van der Waals surface area contributed by atoms with Gasteiger partial charge in [-0.15, -0.1) is 0 Å². The summed E-state index contributed by atoms with van der Waals surface area (Å²) in [4.78, 5) is 85.1. The summed E-state index contributed by atoms with van der Waals surface area (Å²) < 4.78 is 66.0. The number of anilines is 3. The number of benzene rings is 1. The van der Waals surface area contributed by atoms with Gasteiger partial charge < -0.3 is 25.0 Å². The maximum absolute atomic E-state index is 14.3. The van der Waals surface area contributed by atoms with Crippen molar-refractivity contribution in [1.29, 1.82) is 0 Å². The molecule has 5 aliphatic rings. The number of piperidine rings is 1. The second kappa shape index (κ2) is 18.9. The van der Waals surface area contributed by atoms with Crippen LogP contribution in [0.3, 0.4) is 0 Å². The number of morpholine rings is 1. The average Bonchev–Trinajstić information content (AvgIpc) is 4.16. The molecule has 4 fully saturated rings. The van der Waals surface area contributed by atoms with Crippen LogP contribution < -0.4 is 20.9 Å². The molecule has 7 heterocycles. The molecule has 4 aromatic rings. The summed E-state index contributed by atoms with van der Waals surface area (Å²) in [6.45, 7) is 2.05. The SMILES string of the molecule is O=C1CCC(N2C(=O)c3cccc(NCCCOCCCN(C(=O)C4CCC(n5cc(NC(=O)c6cnn7ccc(N8CC9CC8CO9)nc67)c(C(F)F)n5)CC4)S(=O)O)c3C2=O)C(=O)N1. The number of aromatic nitrogens is 5. The maximum Gasteiger partial charge on any atom is 0.284 e. The zero-order chi connectivity index (χ0) is 46.2. The third-order valence-corrected chi connectivity index (χ3v) is 13.5. The van der Waals surface area contributed by atoms with E-state index < -0.39 is 70.8 Å². The molecule has 4 N–H and O–H groups in total. The number of nitrogens with zero attached hydrogens (tertiary/aromatic N) is 8. The number of nitrogens with one attached hydrogen (secondary N) is 3. The van der Waals surface area contributed by atoms with Crippen LogP contribution in [-0.2, 0) is 35.1 Å². The molecule has 3 aromatic heterocycles. The van der Waals surface area contributed by atoms with E-state index in [1.54, 1.807) is 18.3 Å². The summed E-state index contributed by atoms with van der Waals surface area (Å²) in [7, 11) is 0. The molecule has 1 aliphatic carbocycles. The van der Waals surface area contributed by atoms with E-state index in [0.717, 1.165) is 15.6 Å². The fourth-order valence-electron chi connectivity index (χ4n) is 9.43. The van der Waals surface area contributed by atoms with Gasteiger partial charge >= 0.3 is 0 Å². The Bertz CT molecular complexity index is 2600. The number of carbonyl (C=O) groups excluding carboxylic acids is 6. The second-order valence-electron chi connectivity index (χ2n) is 16.9. The predicted molar refractivity (Wildman–Crippen MR) is 229 cm³/mol. The molecular weight excluding hydrogens is 889 g/mol. The molecular formula is C42H47F2N11O10S. The molecule has 350 valence electrons. The summed E-state index contributed by atoms with van der Waals surface area (Å²) >= 11 is -2.59. The molecule has 4 unspecified atom stereocenters. The number of amides is 6. The first kappa shape index (κ1) is 44.9. The lowest BCUT2D eigenvalue weighted by molar-refractivity contribution is -0.136. The van der Waals surface area contributed by atoms with E-state index in [1.165, 1.54) is 27.7 Å². The molecule has 1 saturated carbocycles. The average molecular weight is 936 g/mol. The van der Waals surface area contributed by atoms with Gasteiger partial charge in [-0.2, -0.15) is 10.2 Å². The Hall–Kier alpha value is -6.24. The van der Waals surface area contributed by atoms with Crippen molar-refractivity contribution in [3.05, 3.63) is 65.2 Å². The molecule has 9 rings (SSSR count). The summed E-state index contributed by atoms with van der Waals surface area (Å²) in [5, 5.41) is 16.3. The van der Waals surface area contributed by atoms with Crippen LogP contribution >= 0.6 is 0 Å². The summed E-state index contributed by atoms with van der Waals surface area (Å²) in [5.74, 6) is -3.47. The second-order valence-corrected chi connectivity index (χ2v) is 17.8. The third-order valence-electron chi connectivity index (χ3n) is 12.8. The maximum atomic E-state index is 14.3. The number of fused-ring (bicyclic) bond motifs is 4. The van der Waals surface area contributed by atoms with Gasteiger partial charge in [-0.05, 0) is 69.6 Å². The number of halogens is 2. The van der Waals surface area contributed by atoms with Gasteiger partial charge in [0.25, 0.3) is 35.4 Å². The molecule has 2 bridgehead atoms. The standard InChI is InChI=1S/C42H47F2N11O10S/c43-36(44)35-30(47-38(57)28-19-46-52-15-12-32(48-37(28)52)51-20-26-18-25(51)22-65-26)21-53(50-35)24-8-6-23(7-9-24)40(59)54(66(62)63)14-3-17-64-16-2-13-45-29-5-1-4-27-34(29)42(61)55(41(27)60)31-10-11-33(56)49-39(31)58/h1,4-5,12,15,19,21,23-26,31,36,45H,2-3,6-11,13-14,16-18,20,22H2,(H,47,57)(H,62,63)(H,49,56,58). The van der Waals surface area contributed by atoms with Crippen molar-refractivity contribution < 1.29 is 55.8 Å². The van der Waals surface area contributed by atoms with Gasteiger partial charge in [-0.1, -0.05) is 6.07 Å². The van der Waals surface area contributed by atoms with Crippen LogP contribution in [0.2, 0.25) is 0 Å². The number of hydrogen-bond acceptors (Lipinski definition) is 14. The highest BCUT2D eigenvalue weighted by Gasteiger charge is 2.46. The van der Waals surface area contributed by atoms with Crippen LogP contribution in [0.4, 0.5) is 26.0 Å². The highest BCUT2D eigenvalue weighted by atomic mass is 32.2. The first-order valence-corrected chi connectivity index (χ1v) is 22.9. The summed E-state index contributed by atoms with van der Waals surface area (Å²) in [6, 6.07) is 5.34. The number of hydrogen-bond donors (Lipinski definition) is 4. The lowest BCUT2D eigenvalue weighted by Crippen LogP contribution is -2.54. The number of alkyl halides is 2. The lowest BCUT2D eigenvalue weighted by Gasteiger charge is -2.30. The zero-order valence-corrected chi connectivity index (χ0v) is 36.3. The third kappa shape index (κ3) is 8.88. The van der Waals surface area contributed by atoms with Gasteiger partial charge in [0.05, 0.1) is 47.8 Å². The first-order chi connectivity index (χ1) is 31.9. The largest absolute Gasteiger partial charge is 0.384 e. The van der Waals surface area contributed by atoms with Gasteiger partial charge in [0.15, 0.2) is 11.3 Å². The lowest BCUT2D eigenvalue weighted by atomic mass is 9.85. The van der Waals surface area contributed by atoms with Crippen LogP contribution in [-0.4, -0.2) is 135 Å². The highest BCUT2D eigenvalue weighted by molar-refractivity contribution is 7.77. The van der Waals surface area contributed by atoms with Crippen molar-refractivity contribution in [3.63, 3.8) is 0 Å². The van der Waals surface area contributed by atoms with Crippen molar-refractivity contribution in [2.75, 3.05) is 55.0 Å². The van der Waals surface area contributed by atoms with Crippen LogP contribution in [0.25, 0.3) is 5.65 Å². The van der Waals surface area contributed by atoms with Crippen LogP contribution in [0, 0.1) is 5.92 Å². The topological polar surface area (TPSA) is 252 Å². The molecule has 24 heteroatoms. The van der Waals surface area contributed by atoms with E-state index in [4.69, 9.17) is 9.47 Å². The number of imide groups is 2. The smallest absolute Gasteiger partial charge is 0.284 e. The van der Waals surface area contributed by atoms with E-state index in [1.807, 2.05) is 6.07 Å². The molecule has 21 nitrogen and oxygen atoms in total. The Morgan fingerprint density at radius 2 is 1.83 bits per heavy atom.